The van der Waals surface area contributed by atoms with Crippen molar-refractivity contribution in [3.63, 3.8) is 0 Å². The summed E-state index contributed by atoms with van der Waals surface area (Å²) in [6.45, 7) is 0.233. The normalized spacial score (nSPS) is 10.5. The molecule has 3 aromatic rings. The van der Waals surface area contributed by atoms with Gasteiger partial charge in [0.15, 0.2) is 0 Å². The van der Waals surface area contributed by atoms with Crippen LogP contribution in [0.1, 0.15) is 12.8 Å². The summed E-state index contributed by atoms with van der Waals surface area (Å²) in [6, 6.07) is 15.6. The molecule has 1 aromatic heterocycles. The number of aryl methyl sites for hydroxylation is 1. The van der Waals surface area contributed by atoms with Gasteiger partial charge in [0.05, 0.1) is 10.6 Å². The highest BCUT2D eigenvalue weighted by Crippen LogP contribution is 2.21. The molecule has 0 atom stereocenters. The van der Waals surface area contributed by atoms with Gasteiger partial charge in [0.2, 0.25) is 11.7 Å². The topological polar surface area (TPSA) is 107 Å². The molecule has 1 N–H and O–H groups in total. The molecular formula is C20H17FN4O4. The molecule has 1 heterocycles. The van der Waals surface area contributed by atoms with Crippen molar-refractivity contribution in [3.05, 3.63) is 86.9 Å². The molecule has 0 aliphatic rings. The number of rotatable bonds is 7. The number of carbonyl (C=O) groups excluding carboxylic acids is 1. The Kier molecular flexibility index (Phi) is 6.08. The third kappa shape index (κ3) is 5.10. The van der Waals surface area contributed by atoms with Gasteiger partial charge < -0.3 is 5.32 Å². The number of benzene rings is 2. The Morgan fingerprint density at radius 1 is 1.14 bits per heavy atom. The van der Waals surface area contributed by atoms with E-state index in [-0.39, 0.29) is 24.2 Å². The van der Waals surface area contributed by atoms with Crippen LogP contribution in [0.4, 0.5) is 15.8 Å². The molecule has 2 aromatic carbocycles. The molecule has 3 rings (SSSR count). The maximum Gasteiger partial charge on any atom is 0.306 e. The van der Waals surface area contributed by atoms with Gasteiger partial charge in [-0.1, -0.05) is 30.3 Å². The van der Waals surface area contributed by atoms with Crippen molar-refractivity contribution >= 4 is 17.3 Å². The smallest absolute Gasteiger partial charge is 0.306 e. The standard InChI is InChI=1S/C20H17FN4O4/c21-16-9-8-15(13-18(16)25(28)29)22-19(26)7-4-12-24-20(27)11-10-17(23-24)14-5-2-1-3-6-14/h1-3,5-6,8-11,13H,4,7,12H2,(H,22,26). The monoisotopic (exact) mass is 396 g/mol. The predicted octanol–water partition coefficient (Wildman–Crippen LogP) is 3.38. The average molecular weight is 396 g/mol. The minimum absolute atomic E-state index is 0.0643. The van der Waals surface area contributed by atoms with Gasteiger partial charge >= 0.3 is 5.69 Å². The fraction of sp³-hybridized carbons (Fsp3) is 0.150. The summed E-state index contributed by atoms with van der Waals surface area (Å²) in [7, 11) is 0. The van der Waals surface area contributed by atoms with E-state index in [0.717, 1.165) is 17.7 Å². The Morgan fingerprint density at radius 3 is 2.62 bits per heavy atom. The highest BCUT2D eigenvalue weighted by molar-refractivity contribution is 5.91. The summed E-state index contributed by atoms with van der Waals surface area (Å²) < 4.78 is 14.6. The Labute approximate surface area is 164 Å². The summed E-state index contributed by atoms with van der Waals surface area (Å²) >= 11 is 0. The fourth-order valence-electron chi connectivity index (χ4n) is 2.72. The zero-order valence-corrected chi connectivity index (χ0v) is 15.2. The first-order chi connectivity index (χ1) is 13.9. The number of carbonyl (C=O) groups is 1. The zero-order chi connectivity index (χ0) is 20.8. The van der Waals surface area contributed by atoms with Crippen LogP contribution in [-0.2, 0) is 11.3 Å². The fourth-order valence-corrected chi connectivity index (χ4v) is 2.72. The van der Waals surface area contributed by atoms with Gasteiger partial charge in [-0.15, -0.1) is 0 Å². The van der Waals surface area contributed by atoms with Crippen molar-refractivity contribution in [2.24, 2.45) is 0 Å². The van der Waals surface area contributed by atoms with Crippen molar-refractivity contribution < 1.29 is 14.1 Å². The van der Waals surface area contributed by atoms with Crippen LogP contribution in [0.5, 0.6) is 0 Å². The first kappa shape index (κ1) is 19.9. The number of hydrogen-bond acceptors (Lipinski definition) is 5. The quantitative estimate of drug-likeness (QED) is 0.487. The molecule has 0 radical (unpaired) electrons. The van der Waals surface area contributed by atoms with Crippen LogP contribution in [0.15, 0.2) is 65.5 Å². The molecule has 0 spiro atoms. The molecule has 0 aliphatic carbocycles. The summed E-state index contributed by atoms with van der Waals surface area (Å²) in [4.78, 5) is 34.0. The third-order valence-electron chi connectivity index (χ3n) is 4.14. The van der Waals surface area contributed by atoms with E-state index in [4.69, 9.17) is 0 Å². The maximum absolute atomic E-state index is 13.3. The summed E-state index contributed by atoms with van der Waals surface area (Å²) in [5.74, 6) is -1.38. The second kappa shape index (κ2) is 8.87. The first-order valence-corrected chi connectivity index (χ1v) is 8.81. The highest BCUT2D eigenvalue weighted by atomic mass is 19.1. The van der Waals surface area contributed by atoms with Crippen LogP contribution in [-0.4, -0.2) is 20.6 Å². The van der Waals surface area contributed by atoms with E-state index in [9.17, 15) is 24.1 Å². The zero-order valence-electron chi connectivity index (χ0n) is 15.2. The summed E-state index contributed by atoms with van der Waals surface area (Å²) in [6.07, 6.45) is 0.398. The lowest BCUT2D eigenvalue weighted by atomic mass is 10.1. The van der Waals surface area contributed by atoms with Crippen molar-refractivity contribution in [2.75, 3.05) is 5.32 Å². The van der Waals surface area contributed by atoms with Gasteiger partial charge in [0.25, 0.3) is 5.56 Å². The highest BCUT2D eigenvalue weighted by Gasteiger charge is 2.15. The molecule has 0 saturated carbocycles. The van der Waals surface area contributed by atoms with Gasteiger partial charge in [-0.3, -0.25) is 19.7 Å². The van der Waals surface area contributed by atoms with Gasteiger partial charge in [0.1, 0.15) is 0 Å². The van der Waals surface area contributed by atoms with Crippen molar-refractivity contribution in [1.29, 1.82) is 0 Å². The largest absolute Gasteiger partial charge is 0.326 e. The van der Waals surface area contributed by atoms with Gasteiger partial charge in [-0.25, -0.2) is 4.68 Å². The van der Waals surface area contributed by atoms with Crippen LogP contribution in [0.2, 0.25) is 0 Å². The molecule has 9 heteroatoms. The van der Waals surface area contributed by atoms with Crippen LogP contribution in [0, 0.1) is 15.9 Å². The van der Waals surface area contributed by atoms with Crippen LogP contribution in [0.25, 0.3) is 11.3 Å². The Hall–Kier alpha value is -3.88. The van der Waals surface area contributed by atoms with E-state index in [0.29, 0.717) is 12.1 Å². The molecule has 0 saturated heterocycles. The van der Waals surface area contributed by atoms with Gasteiger partial charge in [-0.05, 0) is 24.6 Å². The lowest BCUT2D eigenvalue weighted by molar-refractivity contribution is -0.387. The molecule has 8 nitrogen and oxygen atoms in total. The number of halogens is 1. The van der Waals surface area contributed by atoms with E-state index in [1.54, 1.807) is 6.07 Å². The molecule has 1 amide bonds. The molecule has 0 unspecified atom stereocenters. The summed E-state index contributed by atoms with van der Waals surface area (Å²) in [5.41, 5.74) is 0.658. The summed E-state index contributed by atoms with van der Waals surface area (Å²) in [5, 5.41) is 17.6. The molecule has 0 aliphatic heterocycles. The number of nitrogens with one attached hydrogen (secondary N) is 1. The minimum Gasteiger partial charge on any atom is -0.326 e. The number of amides is 1. The SMILES string of the molecule is O=C(CCCn1nc(-c2ccccc2)ccc1=O)Nc1ccc(F)c([N+](=O)[O-])c1. The molecule has 0 bridgehead atoms. The lowest BCUT2D eigenvalue weighted by Gasteiger charge is -2.08. The predicted molar refractivity (Wildman–Crippen MR) is 105 cm³/mol. The van der Waals surface area contributed by atoms with Gasteiger partial charge in [-0.2, -0.15) is 9.49 Å². The van der Waals surface area contributed by atoms with Crippen LogP contribution < -0.4 is 10.9 Å². The number of nitrogens with zero attached hydrogens (tertiary/aromatic N) is 3. The van der Waals surface area contributed by atoms with E-state index < -0.39 is 22.3 Å². The lowest BCUT2D eigenvalue weighted by Crippen LogP contribution is -2.23. The number of hydrogen-bond donors (Lipinski definition) is 1. The number of anilines is 1. The minimum atomic E-state index is -0.975. The van der Waals surface area contributed by atoms with E-state index in [2.05, 4.69) is 10.4 Å². The number of nitro benzene ring substituents is 1. The molecule has 0 fully saturated rings. The van der Waals surface area contributed by atoms with E-state index in [1.807, 2.05) is 30.3 Å². The maximum atomic E-state index is 13.3. The Balaban J connectivity index is 1.60. The molecule has 29 heavy (non-hydrogen) atoms. The number of aromatic nitrogens is 2. The third-order valence-corrected chi connectivity index (χ3v) is 4.14. The first-order valence-electron chi connectivity index (χ1n) is 8.81. The Bertz CT molecular complexity index is 1100. The van der Waals surface area contributed by atoms with E-state index in [1.165, 1.54) is 16.8 Å². The van der Waals surface area contributed by atoms with Crippen molar-refractivity contribution in [2.45, 2.75) is 19.4 Å². The number of nitro groups is 1. The van der Waals surface area contributed by atoms with Crippen molar-refractivity contribution in [1.82, 2.24) is 9.78 Å². The molecular weight excluding hydrogens is 379 g/mol. The molecule has 148 valence electrons. The average Bonchev–Trinajstić information content (AvgIpc) is 2.71. The van der Waals surface area contributed by atoms with Gasteiger partial charge in [0, 0.05) is 36.3 Å². The Morgan fingerprint density at radius 2 is 1.90 bits per heavy atom. The van der Waals surface area contributed by atoms with Crippen LogP contribution >= 0.6 is 0 Å². The second-order valence-corrected chi connectivity index (χ2v) is 6.22. The van der Waals surface area contributed by atoms with Crippen molar-refractivity contribution in [3.8, 4) is 11.3 Å². The second-order valence-electron chi connectivity index (χ2n) is 6.22. The van der Waals surface area contributed by atoms with Crippen LogP contribution in [0.3, 0.4) is 0 Å². The van der Waals surface area contributed by atoms with E-state index >= 15 is 0 Å².